The minimum atomic E-state index is -4.22. The van der Waals surface area contributed by atoms with Crippen LogP contribution < -0.4 is 0 Å². The Balaban J connectivity index is 4.58. The molecule has 0 rings (SSSR count). The van der Waals surface area contributed by atoms with Crippen LogP contribution in [0.15, 0.2) is 9.98 Å². The van der Waals surface area contributed by atoms with Crippen LogP contribution in [0.3, 0.4) is 0 Å². The zero-order valence-corrected chi connectivity index (χ0v) is 8.03. The summed E-state index contributed by atoms with van der Waals surface area (Å²) in [6.07, 6.45) is 1.13. The first kappa shape index (κ1) is 11.5. The number of aliphatic imine (C=N–C) groups is 2. The largest absolute Gasteiger partial charge is 0.375 e. The summed E-state index contributed by atoms with van der Waals surface area (Å²) in [5.41, 5.74) is -0.244. The van der Waals surface area contributed by atoms with E-state index in [9.17, 15) is 4.57 Å². The SMILES string of the molecule is CCN=CC(=NCC)P(=O)(O)O. The normalized spacial score (nSPS) is 14.2. The van der Waals surface area contributed by atoms with Gasteiger partial charge in [-0.15, -0.1) is 0 Å². The van der Waals surface area contributed by atoms with Gasteiger partial charge in [0.05, 0.1) is 6.21 Å². The van der Waals surface area contributed by atoms with Crippen molar-refractivity contribution >= 4 is 19.3 Å². The van der Waals surface area contributed by atoms with Gasteiger partial charge < -0.3 is 9.79 Å². The maximum absolute atomic E-state index is 10.7. The molecule has 0 aromatic heterocycles. The second-order valence-corrected chi connectivity index (χ2v) is 3.55. The Bertz CT molecular complexity index is 231. The lowest BCUT2D eigenvalue weighted by atomic mass is 10.7. The molecular weight excluding hydrogens is 179 g/mol. The quantitative estimate of drug-likeness (QED) is 0.507. The molecule has 0 unspecified atom stereocenters. The van der Waals surface area contributed by atoms with Crippen LogP contribution in [0.25, 0.3) is 0 Å². The van der Waals surface area contributed by atoms with E-state index in [2.05, 4.69) is 9.98 Å². The zero-order chi connectivity index (χ0) is 9.61. The zero-order valence-electron chi connectivity index (χ0n) is 7.14. The molecule has 0 heterocycles. The highest BCUT2D eigenvalue weighted by Crippen LogP contribution is 2.35. The van der Waals surface area contributed by atoms with Gasteiger partial charge in [0.2, 0.25) is 0 Å². The number of hydrogen-bond donors (Lipinski definition) is 2. The highest BCUT2D eigenvalue weighted by molar-refractivity contribution is 7.73. The Morgan fingerprint density at radius 2 is 2.00 bits per heavy atom. The second kappa shape index (κ2) is 5.19. The average Bonchev–Trinajstić information content (AvgIpc) is 1.95. The Morgan fingerprint density at radius 3 is 2.33 bits per heavy atom. The monoisotopic (exact) mass is 192 g/mol. The van der Waals surface area contributed by atoms with Crippen molar-refractivity contribution in [3.8, 4) is 0 Å². The van der Waals surface area contributed by atoms with Crippen LogP contribution in [-0.2, 0) is 4.57 Å². The van der Waals surface area contributed by atoms with Crippen molar-refractivity contribution in [1.82, 2.24) is 0 Å². The van der Waals surface area contributed by atoms with Gasteiger partial charge in [0.1, 0.15) is 0 Å². The van der Waals surface area contributed by atoms with Crippen molar-refractivity contribution in [2.45, 2.75) is 13.8 Å². The van der Waals surface area contributed by atoms with Crippen molar-refractivity contribution in [2.24, 2.45) is 9.98 Å². The van der Waals surface area contributed by atoms with E-state index in [1.54, 1.807) is 13.8 Å². The summed E-state index contributed by atoms with van der Waals surface area (Å²) in [5, 5.41) is 0. The molecule has 0 saturated carbocycles. The van der Waals surface area contributed by atoms with Gasteiger partial charge in [-0.1, -0.05) is 0 Å². The summed E-state index contributed by atoms with van der Waals surface area (Å²) in [5.74, 6) is 0. The van der Waals surface area contributed by atoms with Crippen molar-refractivity contribution in [1.29, 1.82) is 0 Å². The topological polar surface area (TPSA) is 82.2 Å². The third-order valence-corrected chi connectivity index (χ3v) is 1.86. The Hall–Kier alpha value is -0.510. The lowest BCUT2D eigenvalue weighted by Gasteiger charge is -2.01. The molecule has 2 N–H and O–H groups in total. The van der Waals surface area contributed by atoms with Crippen LogP contribution in [0.4, 0.5) is 0 Å². The molecule has 0 amide bonds. The summed E-state index contributed by atoms with van der Waals surface area (Å²) in [4.78, 5) is 24.8. The van der Waals surface area contributed by atoms with E-state index >= 15 is 0 Å². The van der Waals surface area contributed by atoms with Gasteiger partial charge in [0.15, 0.2) is 5.45 Å². The van der Waals surface area contributed by atoms with Crippen molar-refractivity contribution in [3.05, 3.63) is 0 Å². The van der Waals surface area contributed by atoms with Crippen LogP contribution in [0.1, 0.15) is 13.8 Å². The van der Waals surface area contributed by atoms with Crippen LogP contribution in [0, 0.1) is 0 Å². The molecule has 0 aliphatic heterocycles. The highest BCUT2D eigenvalue weighted by atomic mass is 31.2. The molecule has 12 heavy (non-hydrogen) atoms. The maximum Gasteiger partial charge on any atom is 0.375 e. The van der Waals surface area contributed by atoms with E-state index in [0.717, 1.165) is 6.21 Å². The minimum absolute atomic E-state index is 0.244. The van der Waals surface area contributed by atoms with E-state index in [1.807, 2.05) is 0 Å². The Kier molecular flexibility index (Phi) is 4.97. The van der Waals surface area contributed by atoms with Gasteiger partial charge in [0, 0.05) is 13.1 Å². The first-order chi connectivity index (χ1) is 5.52. The van der Waals surface area contributed by atoms with Gasteiger partial charge >= 0.3 is 7.60 Å². The molecule has 0 aromatic rings. The summed E-state index contributed by atoms with van der Waals surface area (Å²) in [7, 11) is -4.22. The molecule has 0 aromatic carbocycles. The lowest BCUT2D eigenvalue weighted by Crippen LogP contribution is -2.02. The molecule has 0 radical (unpaired) electrons. The summed E-state index contributed by atoms with van der Waals surface area (Å²) in [6.45, 7) is 4.31. The molecule has 0 spiro atoms. The highest BCUT2D eigenvalue weighted by Gasteiger charge is 2.20. The fraction of sp³-hybridized carbons (Fsp3) is 0.667. The lowest BCUT2D eigenvalue weighted by molar-refractivity contribution is 0.391. The van der Waals surface area contributed by atoms with Crippen molar-refractivity contribution < 1.29 is 14.4 Å². The van der Waals surface area contributed by atoms with Gasteiger partial charge in [-0.05, 0) is 13.8 Å². The molecule has 0 fully saturated rings. The molecule has 0 saturated heterocycles. The van der Waals surface area contributed by atoms with Crippen LogP contribution in [0.5, 0.6) is 0 Å². The molecule has 0 bridgehead atoms. The van der Waals surface area contributed by atoms with E-state index in [0.29, 0.717) is 13.1 Å². The van der Waals surface area contributed by atoms with Crippen LogP contribution >= 0.6 is 7.60 Å². The first-order valence-corrected chi connectivity index (χ1v) is 5.24. The number of nitrogens with zero attached hydrogens (tertiary/aromatic N) is 2. The predicted molar refractivity (Wildman–Crippen MR) is 49.1 cm³/mol. The third-order valence-electron chi connectivity index (χ3n) is 1.01. The molecule has 6 heteroatoms. The minimum Gasteiger partial charge on any atom is -0.320 e. The van der Waals surface area contributed by atoms with Crippen LogP contribution in [-0.4, -0.2) is 34.5 Å². The number of hydrogen-bond acceptors (Lipinski definition) is 3. The molecule has 70 valence electrons. The molecule has 0 atom stereocenters. The third kappa shape index (κ3) is 4.38. The van der Waals surface area contributed by atoms with E-state index < -0.39 is 7.60 Å². The Labute approximate surface area is 71.4 Å². The Morgan fingerprint density at radius 1 is 1.42 bits per heavy atom. The average molecular weight is 192 g/mol. The fourth-order valence-corrected chi connectivity index (χ4v) is 1.10. The first-order valence-electron chi connectivity index (χ1n) is 3.62. The number of rotatable bonds is 4. The predicted octanol–water partition coefficient (Wildman–Crippen LogP) is 0.673. The summed E-state index contributed by atoms with van der Waals surface area (Å²) in [6, 6.07) is 0. The van der Waals surface area contributed by atoms with Crippen LogP contribution in [0.2, 0.25) is 0 Å². The van der Waals surface area contributed by atoms with Crippen molar-refractivity contribution in [3.63, 3.8) is 0 Å². The smallest absolute Gasteiger partial charge is 0.320 e. The van der Waals surface area contributed by atoms with Gasteiger partial charge in [-0.3, -0.25) is 14.5 Å². The standard InChI is InChI=1S/C6H13N2O3P/c1-3-7-5-6(8-4-2)12(9,10)11/h5H,3-4H2,1-2H3,(H2,9,10,11). The molecule has 0 aliphatic carbocycles. The van der Waals surface area contributed by atoms with Gasteiger partial charge in [-0.2, -0.15) is 0 Å². The van der Waals surface area contributed by atoms with Gasteiger partial charge in [0.25, 0.3) is 0 Å². The molecule has 0 aliphatic rings. The molecular formula is C6H13N2O3P. The van der Waals surface area contributed by atoms with E-state index in [4.69, 9.17) is 9.79 Å². The summed E-state index contributed by atoms with van der Waals surface area (Å²) >= 11 is 0. The van der Waals surface area contributed by atoms with E-state index in [-0.39, 0.29) is 5.45 Å². The maximum atomic E-state index is 10.7. The van der Waals surface area contributed by atoms with Gasteiger partial charge in [-0.25, -0.2) is 0 Å². The van der Waals surface area contributed by atoms with E-state index in [1.165, 1.54) is 0 Å². The summed E-state index contributed by atoms with van der Waals surface area (Å²) < 4.78 is 10.7. The molecule has 5 nitrogen and oxygen atoms in total. The second-order valence-electron chi connectivity index (χ2n) is 2.00. The fourth-order valence-electron chi connectivity index (χ4n) is 0.543. The van der Waals surface area contributed by atoms with Crippen molar-refractivity contribution in [2.75, 3.05) is 13.1 Å².